The van der Waals surface area contributed by atoms with E-state index in [1.165, 1.54) is 0 Å². The van der Waals surface area contributed by atoms with Crippen LogP contribution in [0.25, 0.3) is 10.8 Å². The van der Waals surface area contributed by atoms with Crippen molar-refractivity contribution in [1.82, 2.24) is 9.80 Å². The number of nitrogens with one attached hydrogen (secondary N) is 1. The highest BCUT2D eigenvalue weighted by Crippen LogP contribution is 2.27. The first kappa shape index (κ1) is 28.5. The number of fused-ring (bicyclic) bond motifs is 1. The zero-order valence-electron chi connectivity index (χ0n) is 23.1. The van der Waals surface area contributed by atoms with Gasteiger partial charge in [-0.15, -0.1) is 0 Å². The smallest absolute Gasteiger partial charge is 0.322 e. The van der Waals surface area contributed by atoms with E-state index in [9.17, 15) is 4.79 Å². The lowest BCUT2D eigenvalue weighted by atomic mass is 10.1. The first-order chi connectivity index (χ1) is 19.0. The van der Waals surface area contributed by atoms with Crippen LogP contribution in [0.2, 0.25) is 5.02 Å². The molecular formula is C33H38ClN3O2. The molecular weight excluding hydrogens is 506 g/mol. The molecule has 5 nitrogen and oxygen atoms in total. The predicted octanol–water partition coefficient (Wildman–Crippen LogP) is 8.83. The molecule has 2 amide bonds. The minimum absolute atomic E-state index is 0.0522. The summed E-state index contributed by atoms with van der Waals surface area (Å²) in [4.78, 5) is 18.1. The molecule has 0 aliphatic heterocycles. The zero-order chi connectivity index (χ0) is 27.6. The Morgan fingerprint density at radius 1 is 0.897 bits per heavy atom. The number of urea groups is 1. The van der Waals surface area contributed by atoms with E-state index in [0.29, 0.717) is 17.3 Å². The van der Waals surface area contributed by atoms with E-state index in [-0.39, 0.29) is 12.1 Å². The largest absolute Gasteiger partial charge is 0.457 e. The van der Waals surface area contributed by atoms with Gasteiger partial charge in [0, 0.05) is 23.0 Å². The maximum atomic E-state index is 13.8. The number of halogens is 1. The van der Waals surface area contributed by atoms with Crippen molar-refractivity contribution in [2.75, 3.05) is 25.0 Å². The molecule has 0 saturated carbocycles. The van der Waals surface area contributed by atoms with Crippen LogP contribution in [0.15, 0.2) is 91.0 Å². The van der Waals surface area contributed by atoms with Crippen LogP contribution in [-0.2, 0) is 6.54 Å². The highest BCUT2D eigenvalue weighted by Gasteiger charge is 2.22. The second-order valence-electron chi connectivity index (χ2n) is 9.81. The molecule has 204 valence electrons. The molecule has 4 aromatic rings. The van der Waals surface area contributed by atoms with Crippen LogP contribution in [0.1, 0.15) is 39.2 Å². The highest BCUT2D eigenvalue weighted by molar-refractivity contribution is 6.30. The Bertz CT molecular complexity index is 1350. The van der Waals surface area contributed by atoms with Crippen molar-refractivity contribution in [3.63, 3.8) is 0 Å². The molecule has 4 rings (SSSR count). The Morgan fingerprint density at radius 3 is 2.38 bits per heavy atom. The average molecular weight is 544 g/mol. The summed E-state index contributed by atoms with van der Waals surface area (Å²) in [7, 11) is 0. The average Bonchev–Trinajstić information content (AvgIpc) is 2.95. The number of hydrogen-bond donors (Lipinski definition) is 1. The quantitative estimate of drug-likeness (QED) is 0.194. The molecule has 6 heteroatoms. The van der Waals surface area contributed by atoms with Gasteiger partial charge in [0.15, 0.2) is 0 Å². The van der Waals surface area contributed by atoms with Gasteiger partial charge in [0.2, 0.25) is 0 Å². The summed E-state index contributed by atoms with van der Waals surface area (Å²) in [6, 6.07) is 29.3. The van der Waals surface area contributed by atoms with Crippen molar-refractivity contribution >= 4 is 34.1 Å². The summed E-state index contributed by atoms with van der Waals surface area (Å²) in [5.74, 6) is 1.44. The molecule has 1 atom stereocenters. The van der Waals surface area contributed by atoms with Gasteiger partial charge in [0.05, 0.1) is 5.69 Å². The number of benzene rings is 4. The van der Waals surface area contributed by atoms with Crippen LogP contribution in [0.4, 0.5) is 10.5 Å². The molecule has 0 spiro atoms. The molecule has 0 bridgehead atoms. The third-order valence-electron chi connectivity index (χ3n) is 7.12. The van der Waals surface area contributed by atoms with Crippen LogP contribution >= 0.6 is 11.6 Å². The molecule has 1 N–H and O–H groups in total. The van der Waals surface area contributed by atoms with Crippen LogP contribution in [0, 0.1) is 0 Å². The van der Waals surface area contributed by atoms with Gasteiger partial charge in [-0.2, -0.15) is 0 Å². The van der Waals surface area contributed by atoms with Crippen LogP contribution < -0.4 is 10.1 Å². The third kappa shape index (κ3) is 7.98. The zero-order valence-corrected chi connectivity index (χ0v) is 23.8. The van der Waals surface area contributed by atoms with E-state index in [4.69, 9.17) is 16.3 Å². The van der Waals surface area contributed by atoms with Gasteiger partial charge in [-0.05, 0) is 92.8 Å². The van der Waals surface area contributed by atoms with Gasteiger partial charge in [-0.3, -0.25) is 0 Å². The van der Waals surface area contributed by atoms with E-state index in [1.807, 2.05) is 71.6 Å². The molecule has 0 fully saturated rings. The second kappa shape index (κ2) is 14.0. The summed E-state index contributed by atoms with van der Waals surface area (Å²) in [5.41, 5.74) is 1.82. The van der Waals surface area contributed by atoms with Crippen molar-refractivity contribution < 1.29 is 9.53 Å². The topological polar surface area (TPSA) is 44.8 Å². The van der Waals surface area contributed by atoms with E-state index in [0.717, 1.165) is 60.2 Å². The van der Waals surface area contributed by atoms with E-state index < -0.39 is 0 Å². The van der Waals surface area contributed by atoms with E-state index >= 15 is 0 Å². The lowest BCUT2D eigenvalue weighted by Gasteiger charge is -2.30. The van der Waals surface area contributed by atoms with Crippen LogP contribution in [-0.4, -0.2) is 41.5 Å². The van der Waals surface area contributed by atoms with Crippen LogP contribution in [0.5, 0.6) is 11.5 Å². The second-order valence-corrected chi connectivity index (χ2v) is 10.2. The molecule has 0 radical (unpaired) electrons. The van der Waals surface area contributed by atoms with Crippen molar-refractivity contribution in [1.29, 1.82) is 0 Å². The fourth-order valence-corrected chi connectivity index (χ4v) is 4.92. The Hall–Kier alpha value is -3.54. The first-order valence-corrected chi connectivity index (χ1v) is 14.1. The number of hydrogen-bond acceptors (Lipinski definition) is 3. The fourth-order valence-electron chi connectivity index (χ4n) is 4.80. The summed E-state index contributed by atoms with van der Waals surface area (Å²) < 4.78 is 6.05. The van der Waals surface area contributed by atoms with E-state index in [2.05, 4.69) is 43.1 Å². The van der Waals surface area contributed by atoms with Gasteiger partial charge in [0.25, 0.3) is 0 Å². The lowest BCUT2D eigenvalue weighted by molar-refractivity contribution is 0.180. The van der Waals surface area contributed by atoms with Gasteiger partial charge in [-0.25, -0.2) is 4.79 Å². The van der Waals surface area contributed by atoms with E-state index in [1.54, 1.807) is 12.1 Å². The Kier molecular flexibility index (Phi) is 10.2. The summed E-state index contributed by atoms with van der Waals surface area (Å²) in [6.45, 7) is 10.1. The van der Waals surface area contributed by atoms with Crippen LogP contribution in [0.3, 0.4) is 0 Å². The monoisotopic (exact) mass is 543 g/mol. The maximum absolute atomic E-state index is 13.8. The maximum Gasteiger partial charge on any atom is 0.322 e. The number of anilines is 1. The van der Waals surface area contributed by atoms with Gasteiger partial charge in [0.1, 0.15) is 11.5 Å². The van der Waals surface area contributed by atoms with Crippen molar-refractivity contribution in [3.8, 4) is 11.5 Å². The Morgan fingerprint density at radius 2 is 1.62 bits per heavy atom. The molecule has 0 heterocycles. The van der Waals surface area contributed by atoms with Crippen molar-refractivity contribution in [2.24, 2.45) is 0 Å². The molecule has 1 unspecified atom stereocenters. The first-order valence-electron chi connectivity index (χ1n) is 13.8. The molecule has 0 saturated heterocycles. The highest BCUT2D eigenvalue weighted by atomic mass is 35.5. The molecule has 39 heavy (non-hydrogen) atoms. The molecule has 4 aromatic carbocycles. The van der Waals surface area contributed by atoms with Crippen molar-refractivity contribution in [3.05, 3.63) is 102 Å². The standard InChI is InChI=1S/C33H38ClN3O2/c1-4-36(5-2)22-10-11-25(3)37(33(38)35-32-17-9-14-27-13-6-7-16-31(27)32)24-26-12-8-15-30(23-26)39-29-20-18-28(34)19-21-29/h6-9,12-21,23,25H,4-5,10-11,22,24H2,1-3H3,(H,35,38). The van der Waals surface area contributed by atoms with Gasteiger partial charge in [-0.1, -0.05) is 74.0 Å². The number of ether oxygens (including phenoxy) is 1. The third-order valence-corrected chi connectivity index (χ3v) is 7.37. The number of carbonyl (C=O) groups is 1. The number of amides is 2. The number of rotatable bonds is 12. The van der Waals surface area contributed by atoms with Gasteiger partial charge < -0.3 is 19.9 Å². The number of nitrogens with zero attached hydrogens (tertiary/aromatic N) is 2. The minimum Gasteiger partial charge on any atom is -0.457 e. The van der Waals surface area contributed by atoms with Crippen molar-refractivity contribution in [2.45, 2.75) is 46.2 Å². The van der Waals surface area contributed by atoms with Gasteiger partial charge >= 0.3 is 6.03 Å². The molecule has 0 aliphatic rings. The minimum atomic E-state index is -0.106. The fraction of sp³-hybridized carbons (Fsp3) is 0.303. The summed E-state index contributed by atoms with van der Waals surface area (Å²) in [6.07, 6.45) is 1.95. The number of carbonyl (C=O) groups excluding carboxylic acids is 1. The SMILES string of the molecule is CCN(CC)CCCC(C)N(Cc1cccc(Oc2ccc(Cl)cc2)c1)C(=O)Nc1cccc2ccccc12. The predicted molar refractivity (Wildman–Crippen MR) is 163 cm³/mol. The lowest BCUT2D eigenvalue weighted by Crippen LogP contribution is -2.41. The molecule has 0 aromatic heterocycles. The Labute approximate surface area is 237 Å². The Balaban J connectivity index is 1.53. The summed E-state index contributed by atoms with van der Waals surface area (Å²) in [5, 5.41) is 5.99. The normalized spacial score (nSPS) is 11.9. The molecule has 0 aliphatic carbocycles. The summed E-state index contributed by atoms with van der Waals surface area (Å²) >= 11 is 6.01.